The Morgan fingerprint density at radius 2 is 1.71 bits per heavy atom. The van der Waals surface area contributed by atoms with Crippen molar-refractivity contribution in [1.82, 2.24) is 0 Å². The number of rotatable bonds is 9. The van der Waals surface area contributed by atoms with E-state index in [1.807, 2.05) is 68.4 Å². The molecule has 0 spiro atoms. The van der Waals surface area contributed by atoms with Gasteiger partial charge in [-0.1, -0.05) is 61.3 Å². The van der Waals surface area contributed by atoms with Gasteiger partial charge >= 0.3 is 0 Å². The minimum absolute atomic E-state index is 0.0302. The number of ether oxygens (including phenoxy) is 1. The molecule has 0 aliphatic carbocycles. The molecule has 0 unspecified atom stereocenters. The zero-order chi connectivity index (χ0) is 22.2. The second kappa shape index (κ2) is 11.1. The van der Waals surface area contributed by atoms with Crippen LogP contribution in [0.25, 0.3) is 0 Å². The van der Waals surface area contributed by atoms with Crippen molar-refractivity contribution in [1.29, 1.82) is 0 Å². The highest BCUT2D eigenvalue weighted by atomic mass is 35.5. The summed E-state index contributed by atoms with van der Waals surface area (Å²) >= 11 is 12.1. The van der Waals surface area contributed by atoms with Crippen LogP contribution in [0.2, 0.25) is 10.0 Å². The van der Waals surface area contributed by atoms with Crippen molar-refractivity contribution in [3.05, 3.63) is 87.9 Å². The number of carbonyl (C=O) groups is 1. The molecule has 162 valence electrons. The smallest absolute Gasteiger partial charge is 0.224 e. The molecular formula is C25H26Cl2N2O2. The number of hydrogen-bond donors (Lipinski definition) is 2. The normalized spacial score (nSPS) is 10.7. The summed E-state index contributed by atoms with van der Waals surface area (Å²) in [6.45, 7) is 5.09. The van der Waals surface area contributed by atoms with Crippen LogP contribution >= 0.6 is 23.2 Å². The van der Waals surface area contributed by atoms with Gasteiger partial charge in [0.25, 0.3) is 0 Å². The molecule has 3 aromatic rings. The molecule has 0 aliphatic heterocycles. The van der Waals surface area contributed by atoms with Gasteiger partial charge < -0.3 is 15.4 Å². The quantitative estimate of drug-likeness (QED) is 0.358. The molecule has 0 bridgehead atoms. The van der Waals surface area contributed by atoms with Gasteiger partial charge in [0, 0.05) is 39.9 Å². The predicted octanol–water partition coefficient (Wildman–Crippen LogP) is 7.17. The number of hydrogen-bond acceptors (Lipinski definition) is 3. The lowest BCUT2D eigenvalue weighted by atomic mass is 10.1. The van der Waals surface area contributed by atoms with Crippen LogP contribution in [-0.4, -0.2) is 5.91 Å². The summed E-state index contributed by atoms with van der Waals surface area (Å²) < 4.78 is 5.82. The van der Waals surface area contributed by atoms with Gasteiger partial charge in [0.05, 0.1) is 0 Å². The van der Waals surface area contributed by atoms with E-state index in [1.54, 1.807) is 12.1 Å². The molecule has 0 atom stereocenters. The third kappa shape index (κ3) is 7.50. The van der Waals surface area contributed by atoms with E-state index >= 15 is 0 Å². The lowest BCUT2D eigenvalue weighted by Crippen LogP contribution is -2.13. The molecule has 3 aromatic carbocycles. The first-order valence-corrected chi connectivity index (χ1v) is 10.9. The summed E-state index contributed by atoms with van der Waals surface area (Å²) in [5.74, 6) is 1.13. The van der Waals surface area contributed by atoms with Gasteiger partial charge in [-0.25, -0.2) is 0 Å². The molecule has 2 N–H and O–H groups in total. The van der Waals surface area contributed by atoms with Gasteiger partial charge in [-0.05, 0) is 53.9 Å². The Hall–Kier alpha value is -2.69. The maximum absolute atomic E-state index is 12.0. The highest BCUT2D eigenvalue weighted by Crippen LogP contribution is 2.23. The Balaban J connectivity index is 1.51. The third-order valence-corrected chi connectivity index (χ3v) is 5.16. The standard InChI is InChI=1S/C25H26Cl2N2O2/c1-17(2)12-25(30)29-22-5-3-4-21(14-22)28-15-18-6-10-23(11-7-18)31-16-19-8-9-20(26)13-24(19)27/h3-11,13-14,17,28H,12,15-16H2,1-2H3,(H,29,30). The fourth-order valence-corrected chi connectivity index (χ4v) is 3.46. The van der Waals surface area contributed by atoms with Crippen LogP contribution in [0.4, 0.5) is 11.4 Å². The van der Waals surface area contributed by atoms with Crippen molar-refractivity contribution in [2.75, 3.05) is 10.6 Å². The van der Waals surface area contributed by atoms with Gasteiger partial charge in [-0.3, -0.25) is 4.79 Å². The second-order valence-corrected chi connectivity index (χ2v) is 8.59. The Morgan fingerprint density at radius 3 is 2.42 bits per heavy atom. The largest absolute Gasteiger partial charge is 0.489 e. The SMILES string of the molecule is CC(C)CC(=O)Nc1cccc(NCc2ccc(OCc3ccc(Cl)cc3Cl)cc2)c1. The summed E-state index contributed by atoms with van der Waals surface area (Å²) in [5.41, 5.74) is 3.74. The molecule has 0 radical (unpaired) electrons. The molecule has 31 heavy (non-hydrogen) atoms. The summed E-state index contributed by atoms with van der Waals surface area (Å²) in [6, 6.07) is 21.0. The van der Waals surface area contributed by atoms with E-state index in [0.29, 0.717) is 35.5 Å². The predicted molar refractivity (Wildman–Crippen MR) is 129 cm³/mol. The van der Waals surface area contributed by atoms with E-state index in [4.69, 9.17) is 27.9 Å². The highest BCUT2D eigenvalue weighted by molar-refractivity contribution is 6.35. The first kappa shape index (κ1) is 23.0. The average molecular weight is 457 g/mol. The van der Waals surface area contributed by atoms with Gasteiger partial charge in [-0.15, -0.1) is 0 Å². The molecule has 0 aromatic heterocycles. The topological polar surface area (TPSA) is 50.4 Å². The van der Waals surface area contributed by atoms with Gasteiger partial charge in [0.1, 0.15) is 12.4 Å². The van der Waals surface area contributed by atoms with Crippen LogP contribution < -0.4 is 15.4 Å². The Kier molecular flexibility index (Phi) is 8.21. The molecule has 0 aliphatic rings. The Bertz CT molecular complexity index is 1020. The van der Waals surface area contributed by atoms with Crippen LogP contribution in [0.3, 0.4) is 0 Å². The zero-order valence-corrected chi connectivity index (χ0v) is 19.1. The molecule has 6 heteroatoms. The lowest BCUT2D eigenvalue weighted by Gasteiger charge is -2.11. The Morgan fingerprint density at radius 1 is 0.968 bits per heavy atom. The second-order valence-electron chi connectivity index (χ2n) is 7.75. The lowest BCUT2D eigenvalue weighted by molar-refractivity contribution is -0.116. The molecule has 3 rings (SSSR count). The van der Waals surface area contributed by atoms with Crippen molar-refractivity contribution < 1.29 is 9.53 Å². The summed E-state index contributed by atoms with van der Waals surface area (Å²) in [6.07, 6.45) is 0.510. The zero-order valence-electron chi connectivity index (χ0n) is 17.6. The average Bonchev–Trinajstić information content (AvgIpc) is 2.72. The van der Waals surface area contributed by atoms with E-state index in [9.17, 15) is 4.79 Å². The minimum atomic E-state index is 0.0302. The maximum atomic E-state index is 12.0. The maximum Gasteiger partial charge on any atom is 0.224 e. The fraction of sp³-hybridized carbons (Fsp3) is 0.240. The third-order valence-electron chi connectivity index (χ3n) is 4.57. The Labute approximate surface area is 193 Å². The molecule has 0 saturated carbocycles. The van der Waals surface area contributed by atoms with Crippen LogP contribution in [0.1, 0.15) is 31.4 Å². The molecular weight excluding hydrogens is 431 g/mol. The summed E-state index contributed by atoms with van der Waals surface area (Å²) in [4.78, 5) is 12.0. The van der Waals surface area contributed by atoms with Crippen molar-refractivity contribution >= 4 is 40.5 Å². The fourth-order valence-electron chi connectivity index (χ4n) is 3.00. The van der Waals surface area contributed by atoms with Crippen molar-refractivity contribution in [3.63, 3.8) is 0 Å². The van der Waals surface area contributed by atoms with Crippen LogP contribution in [0.15, 0.2) is 66.7 Å². The monoisotopic (exact) mass is 456 g/mol. The molecule has 1 amide bonds. The first-order valence-electron chi connectivity index (χ1n) is 10.2. The molecule has 0 heterocycles. The van der Waals surface area contributed by atoms with Gasteiger partial charge in [0.15, 0.2) is 0 Å². The van der Waals surface area contributed by atoms with Crippen LogP contribution in [-0.2, 0) is 17.9 Å². The minimum Gasteiger partial charge on any atom is -0.489 e. The van der Waals surface area contributed by atoms with Crippen LogP contribution in [0.5, 0.6) is 5.75 Å². The van der Waals surface area contributed by atoms with Gasteiger partial charge in [0.2, 0.25) is 5.91 Å². The number of amides is 1. The molecule has 4 nitrogen and oxygen atoms in total. The number of nitrogens with one attached hydrogen (secondary N) is 2. The van der Waals surface area contributed by atoms with E-state index in [-0.39, 0.29) is 5.91 Å². The molecule has 0 fully saturated rings. The van der Waals surface area contributed by atoms with E-state index in [0.717, 1.165) is 28.3 Å². The highest BCUT2D eigenvalue weighted by Gasteiger charge is 2.06. The number of carbonyl (C=O) groups excluding carboxylic acids is 1. The first-order chi connectivity index (χ1) is 14.9. The number of anilines is 2. The summed E-state index contributed by atoms with van der Waals surface area (Å²) in [7, 11) is 0. The van der Waals surface area contributed by atoms with Crippen molar-refractivity contribution in [2.24, 2.45) is 5.92 Å². The number of halogens is 2. The molecule has 0 saturated heterocycles. The van der Waals surface area contributed by atoms with E-state index < -0.39 is 0 Å². The van der Waals surface area contributed by atoms with E-state index in [1.165, 1.54) is 0 Å². The van der Waals surface area contributed by atoms with E-state index in [2.05, 4.69) is 10.6 Å². The van der Waals surface area contributed by atoms with Crippen molar-refractivity contribution in [2.45, 2.75) is 33.4 Å². The van der Waals surface area contributed by atoms with Crippen LogP contribution in [0, 0.1) is 5.92 Å². The van der Waals surface area contributed by atoms with Crippen molar-refractivity contribution in [3.8, 4) is 5.75 Å². The number of benzene rings is 3. The summed E-state index contributed by atoms with van der Waals surface area (Å²) in [5, 5.41) is 7.52. The van der Waals surface area contributed by atoms with Gasteiger partial charge in [-0.2, -0.15) is 0 Å².